The second kappa shape index (κ2) is 5.14. The second-order valence-corrected chi connectivity index (χ2v) is 3.73. The molecule has 1 aliphatic rings. The standard InChI is InChI=1S/C12H17NO2/c1-14-8-7-13(9-12-10-15-12)11-5-3-2-4-6-11/h2-6,12H,7-10H2,1H3. The number of methoxy groups -OCH3 is 1. The number of ether oxygens (including phenoxy) is 2. The molecule has 82 valence electrons. The van der Waals surface area contributed by atoms with E-state index in [1.54, 1.807) is 7.11 Å². The van der Waals surface area contributed by atoms with E-state index in [9.17, 15) is 0 Å². The Labute approximate surface area is 90.6 Å². The monoisotopic (exact) mass is 207 g/mol. The Hall–Kier alpha value is -1.06. The predicted octanol–water partition coefficient (Wildman–Crippen LogP) is 1.54. The number of nitrogens with zero attached hydrogens (tertiary/aromatic N) is 1. The normalized spacial score (nSPS) is 18.9. The van der Waals surface area contributed by atoms with Gasteiger partial charge in [-0.3, -0.25) is 0 Å². The number of rotatable bonds is 6. The van der Waals surface area contributed by atoms with E-state index in [4.69, 9.17) is 9.47 Å². The molecule has 0 saturated carbocycles. The molecule has 1 unspecified atom stereocenters. The fourth-order valence-corrected chi connectivity index (χ4v) is 1.59. The smallest absolute Gasteiger partial charge is 0.0984 e. The molecule has 3 heteroatoms. The van der Waals surface area contributed by atoms with Gasteiger partial charge in [0.05, 0.1) is 19.3 Å². The van der Waals surface area contributed by atoms with E-state index < -0.39 is 0 Å². The van der Waals surface area contributed by atoms with E-state index in [0.29, 0.717) is 6.10 Å². The van der Waals surface area contributed by atoms with Gasteiger partial charge in [0, 0.05) is 25.9 Å². The molecule has 0 aliphatic carbocycles. The molecule has 15 heavy (non-hydrogen) atoms. The van der Waals surface area contributed by atoms with Crippen molar-refractivity contribution >= 4 is 5.69 Å². The van der Waals surface area contributed by atoms with Gasteiger partial charge in [0.2, 0.25) is 0 Å². The van der Waals surface area contributed by atoms with Crippen LogP contribution in [-0.2, 0) is 9.47 Å². The van der Waals surface area contributed by atoms with Gasteiger partial charge >= 0.3 is 0 Å². The fourth-order valence-electron chi connectivity index (χ4n) is 1.59. The third-order valence-corrected chi connectivity index (χ3v) is 2.51. The van der Waals surface area contributed by atoms with Crippen molar-refractivity contribution in [3.63, 3.8) is 0 Å². The zero-order valence-electron chi connectivity index (χ0n) is 9.06. The van der Waals surface area contributed by atoms with Gasteiger partial charge in [-0.2, -0.15) is 0 Å². The van der Waals surface area contributed by atoms with Crippen LogP contribution in [0.2, 0.25) is 0 Å². The third-order valence-electron chi connectivity index (χ3n) is 2.51. The van der Waals surface area contributed by atoms with Gasteiger partial charge in [-0.05, 0) is 12.1 Å². The summed E-state index contributed by atoms with van der Waals surface area (Å²) in [6, 6.07) is 10.4. The third kappa shape index (κ3) is 3.22. The molecule has 0 radical (unpaired) electrons. The number of para-hydroxylation sites is 1. The SMILES string of the molecule is COCCN(CC1CO1)c1ccccc1. The Morgan fingerprint density at radius 2 is 2.13 bits per heavy atom. The summed E-state index contributed by atoms with van der Waals surface area (Å²) >= 11 is 0. The Morgan fingerprint density at radius 3 is 2.73 bits per heavy atom. The van der Waals surface area contributed by atoms with Crippen LogP contribution in [0.15, 0.2) is 30.3 Å². The van der Waals surface area contributed by atoms with Gasteiger partial charge in [0.15, 0.2) is 0 Å². The first-order valence-electron chi connectivity index (χ1n) is 5.30. The lowest BCUT2D eigenvalue weighted by Gasteiger charge is -2.23. The van der Waals surface area contributed by atoms with E-state index in [1.165, 1.54) is 5.69 Å². The summed E-state index contributed by atoms with van der Waals surface area (Å²) in [6.07, 6.45) is 0.419. The van der Waals surface area contributed by atoms with Crippen molar-refractivity contribution in [3.8, 4) is 0 Å². The molecule has 1 aliphatic heterocycles. The van der Waals surface area contributed by atoms with Gasteiger partial charge < -0.3 is 14.4 Å². The molecular weight excluding hydrogens is 190 g/mol. The number of epoxide rings is 1. The summed E-state index contributed by atoms with van der Waals surface area (Å²) in [6.45, 7) is 3.53. The Bertz CT molecular complexity index is 285. The molecule has 0 N–H and O–H groups in total. The molecule has 0 amide bonds. The molecule has 0 spiro atoms. The van der Waals surface area contributed by atoms with Gasteiger partial charge in [0.25, 0.3) is 0 Å². The number of anilines is 1. The van der Waals surface area contributed by atoms with Gasteiger partial charge in [0.1, 0.15) is 0 Å². The number of benzene rings is 1. The highest BCUT2D eigenvalue weighted by atomic mass is 16.6. The van der Waals surface area contributed by atoms with Crippen LogP contribution in [0.4, 0.5) is 5.69 Å². The van der Waals surface area contributed by atoms with Crippen LogP contribution in [0.25, 0.3) is 0 Å². The van der Waals surface area contributed by atoms with Crippen molar-refractivity contribution in [1.82, 2.24) is 0 Å². The summed E-state index contributed by atoms with van der Waals surface area (Å²) in [5, 5.41) is 0. The lowest BCUT2D eigenvalue weighted by atomic mass is 10.2. The highest BCUT2D eigenvalue weighted by Crippen LogP contribution is 2.18. The van der Waals surface area contributed by atoms with Crippen LogP contribution in [0, 0.1) is 0 Å². The van der Waals surface area contributed by atoms with Crippen LogP contribution < -0.4 is 4.90 Å². The van der Waals surface area contributed by atoms with Crippen molar-refractivity contribution in [2.75, 3.05) is 38.3 Å². The minimum atomic E-state index is 0.419. The lowest BCUT2D eigenvalue weighted by Crippen LogP contribution is -2.30. The summed E-state index contributed by atoms with van der Waals surface area (Å²) in [7, 11) is 1.73. The first kappa shape index (κ1) is 10.5. The number of hydrogen-bond acceptors (Lipinski definition) is 3. The topological polar surface area (TPSA) is 25.0 Å². The van der Waals surface area contributed by atoms with Crippen molar-refractivity contribution in [1.29, 1.82) is 0 Å². The van der Waals surface area contributed by atoms with E-state index in [1.807, 2.05) is 6.07 Å². The molecule has 0 aromatic heterocycles. The molecule has 1 aromatic carbocycles. The molecule has 0 bridgehead atoms. The average molecular weight is 207 g/mol. The zero-order valence-corrected chi connectivity index (χ0v) is 9.06. The van der Waals surface area contributed by atoms with E-state index in [2.05, 4.69) is 29.2 Å². The van der Waals surface area contributed by atoms with Crippen molar-refractivity contribution in [3.05, 3.63) is 30.3 Å². The summed E-state index contributed by atoms with van der Waals surface area (Å²) in [5.41, 5.74) is 1.24. The van der Waals surface area contributed by atoms with Crippen LogP contribution in [0.1, 0.15) is 0 Å². The largest absolute Gasteiger partial charge is 0.383 e. The van der Waals surface area contributed by atoms with Gasteiger partial charge in [-0.25, -0.2) is 0 Å². The van der Waals surface area contributed by atoms with Gasteiger partial charge in [-0.15, -0.1) is 0 Å². The van der Waals surface area contributed by atoms with Crippen molar-refractivity contribution in [2.45, 2.75) is 6.10 Å². The molecule has 3 nitrogen and oxygen atoms in total. The zero-order chi connectivity index (χ0) is 10.5. The summed E-state index contributed by atoms with van der Waals surface area (Å²) in [5.74, 6) is 0. The van der Waals surface area contributed by atoms with Crippen LogP contribution in [0.5, 0.6) is 0 Å². The molecule has 1 aromatic rings. The maximum Gasteiger partial charge on any atom is 0.0984 e. The first-order valence-corrected chi connectivity index (χ1v) is 5.30. The highest BCUT2D eigenvalue weighted by Gasteiger charge is 2.25. The van der Waals surface area contributed by atoms with Crippen LogP contribution >= 0.6 is 0 Å². The summed E-state index contributed by atoms with van der Waals surface area (Å²) in [4.78, 5) is 2.31. The summed E-state index contributed by atoms with van der Waals surface area (Å²) < 4.78 is 10.4. The quantitative estimate of drug-likeness (QED) is 0.661. The van der Waals surface area contributed by atoms with Crippen molar-refractivity contribution < 1.29 is 9.47 Å². The highest BCUT2D eigenvalue weighted by molar-refractivity contribution is 5.46. The fraction of sp³-hybridized carbons (Fsp3) is 0.500. The first-order chi connectivity index (χ1) is 7.40. The lowest BCUT2D eigenvalue weighted by molar-refractivity contribution is 0.204. The van der Waals surface area contributed by atoms with E-state index in [-0.39, 0.29) is 0 Å². The Morgan fingerprint density at radius 1 is 1.40 bits per heavy atom. The van der Waals surface area contributed by atoms with Gasteiger partial charge in [-0.1, -0.05) is 18.2 Å². The van der Waals surface area contributed by atoms with Crippen LogP contribution in [-0.4, -0.2) is 39.5 Å². The average Bonchev–Trinajstić information content (AvgIpc) is 3.09. The van der Waals surface area contributed by atoms with Crippen molar-refractivity contribution in [2.24, 2.45) is 0 Å². The second-order valence-electron chi connectivity index (χ2n) is 3.73. The minimum absolute atomic E-state index is 0.419. The molecule has 1 atom stereocenters. The molecule has 1 heterocycles. The van der Waals surface area contributed by atoms with Crippen LogP contribution in [0.3, 0.4) is 0 Å². The Balaban J connectivity index is 1.96. The Kier molecular flexibility index (Phi) is 3.59. The molecule has 1 saturated heterocycles. The minimum Gasteiger partial charge on any atom is -0.383 e. The van der Waals surface area contributed by atoms with E-state index in [0.717, 1.165) is 26.3 Å². The predicted molar refractivity (Wildman–Crippen MR) is 60.3 cm³/mol. The molecule has 1 fully saturated rings. The van der Waals surface area contributed by atoms with E-state index >= 15 is 0 Å². The number of hydrogen-bond donors (Lipinski definition) is 0. The maximum atomic E-state index is 5.26. The maximum absolute atomic E-state index is 5.26. The molecule has 2 rings (SSSR count). The molecular formula is C12H17NO2.